The molecule has 26 heavy (non-hydrogen) atoms. The topological polar surface area (TPSA) is 63.7 Å². The fourth-order valence-corrected chi connectivity index (χ4v) is 2.74. The maximum atomic E-state index is 12.0. The van der Waals surface area contributed by atoms with Crippen LogP contribution in [0.5, 0.6) is 5.75 Å². The van der Waals surface area contributed by atoms with Crippen LogP contribution < -0.4 is 15.0 Å². The summed E-state index contributed by atoms with van der Waals surface area (Å²) in [4.78, 5) is 18.6. The van der Waals surface area contributed by atoms with E-state index < -0.39 is 0 Å². The first kappa shape index (κ1) is 18.5. The number of hydrogen-bond donors (Lipinski definition) is 1. The molecule has 1 N–H and O–H groups in total. The Morgan fingerprint density at radius 1 is 1.23 bits per heavy atom. The lowest BCUT2D eigenvalue weighted by Gasteiger charge is -2.28. The van der Waals surface area contributed by atoms with Crippen LogP contribution in [0.25, 0.3) is 0 Å². The molecule has 3 rings (SSSR count). The third kappa shape index (κ3) is 5.61. The number of anilines is 1. The van der Waals surface area contributed by atoms with Gasteiger partial charge in [-0.25, -0.2) is 4.98 Å². The van der Waals surface area contributed by atoms with Crippen molar-refractivity contribution in [3.8, 4) is 5.75 Å². The number of aromatic nitrogens is 1. The summed E-state index contributed by atoms with van der Waals surface area (Å²) >= 11 is 5.82. The molecule has 6 nitrogen and oxygen atoms in total. The summed E-state index contributed by atoms with van der Waals surface area (Å²) in [5, 5.41) is 3.57. The number of halogens is 1. The lowest BCUT2D eigenvalue weighted by atomic mass is 10.2. The van der Waals surface area contributed by atoms with Crippen LogP contribution in [0.3, 0.4) is 0 Å². The second-order valence-corrected chi connectivity index (χ2v) is 6.39. The van der Waals surface area contributed by atoms with Gasteiger partial charge in [-0.1, -0.05) is 11.6 Å². The smallest absolute Gasteiger partial charge is 0.223 e. The van der Waals surface area contributed by atoms with Crippen molar-refractivity contribution < 1.29 is 14.3 Å². The molecule has 1 aromatic heterocycles. The molecule has 0 unspecified atom stereocenters. The van der Waals surface area contributed by atoms with Crippen LogP contribution >= 0.6 is 11.6 Å². The van der Waals surface area contributed by atoms with Crippen LogP contribution in [0.2, 0.25) is 5.02 Å². The molecule has 0 spiro atoms. The van der Waals surface area contributed by atoms with Gasteiger partial charge in [-0.3, -0.25) is 4.79 Å². The molecule has 2 aromatic rings. The third-order valence-electron chi connectivity index (χ3n) is 4.05. The largest absolute Gasteiger partial charge is 0.493 e. The molecule has 0 atom stereocenters. The summed E-state index contributed by atoms with van der Waals surface area (Å²) < 4.78 is 10.9. The lowest BCUT2D eigenvalue weighted by Crippen LogP contribution is -2.36. The van der Waals surface area contributed by atoms with Gasteiger partial charge in [-0.05, 0) is 42.0 Å². The average molecular weight is 376 g/mol. The maximum absolute atomic E-state index is 12.0. The Balaban J connectivity index is 1.41. The number of carbonyl (C=O) groups excluding carboxylic acids is 1. The Bertz CT molecular complexity index is 718. The average Bonchev–Trinajstić information content (AvgIpc) is 2.69. The zero-order chi connectivity index (χ0) is 18.2. The minimum Gasteiger partial charge on any atom is -0.493 e. The van der Waals surface area contributed by atoms with Gasteiger partial charge >= 0.3 is 0 Å². The van der Waals surface area contributed by atoms with Gasteiger partial charge in [0, 0.05) is 30.9 Å². The van der Waals surface area contributed by atoms with E-state index in [0.29, 0.717) is 30.3 Å². The quantitative estimate of drug-likeness (QED) is 0.806. The van der Waals surface area contributed by atoms with Gasteiger partial charge in [0.15, 0.2) is 0 Å². The minimum atomic E-state index is -0.0521. The molecule has 2 heterocycles. The van der Waals surface area contributed by atoms with Gasteiger partial charge in [0.2, 0.25) is 5.91 Å². The van der Waals surface area contributed by atoms with Crippen molar-refractivity contribution in [3.63, 3.8) is 0 Å². The van der Waals surface area contributed by atoms with Gasteiger partial charge < -0.3 is 19.7 Å². The number of carbonyl (C=O) groups is 1. The van der Waals surface area contributed by atoms with E-state index in [4.69, 9.17) is 21.1 Å². The number of ether oxygens (including phenoxy) is 2. The Morgan fingerprint density at radius 2 is 2.00 bits per heavy atom. The molecule has 7 heteroatoms. The highest BCUT2D eigenvalue weighted by Gasteiger charge is 2.12. The fourth-order valence-electron chi connectivity index (χ4n) is 2.62. The first-order valence-corrected chi connectivity index (χ1v) is 9.01. The van der Waals surface area contributed by atoms with Crippen molar-refractivity contribution in [1.29, 1.82) is 0 Å². The van der Waals surface area contributed by atoms with Crippen LogP contribution in [0.15, 0.2) is 42.6 Å². The fraction of sp³-hybridized carbons (Fsp3) is 0.368. The third-order valence-corrected chi connectivity index (χ3v) is 4.30. The van der Waals surface area contributed by atoms with Gasteiger partial charge in [-0.15, -0.1) is 0 Å². The molecule has 1 aliphatic rings. The van der Waals surface area contributed by atoms with Crippen molar-refractivity contribution in [3.05, 3.63) is 53.2 Å². The van der Waals surface area contributed by atoms with E-state index in [0.717, 1.165) is 37.7 Å². The molecule has 1 saturated heterocycles. The zero-order valence-electron chi connectivity index (χ0n) is 14.5. The van der Waals surface area contributed by atoms with Gasteiger partial charge in [0.25, 0.3) is 0 Å². The van der Waals surface area contributed by atoms with E-state index in [1.807, 2.05) is 12.1 Å². The first-order valence-electron chi connectivity index (χ1n) is 8.63. The van der Waals surface area contributed by atoms with E-state index in [-0.39, 0.29) is 5.91 Å². The maximum Gasteiger partial charge on any atom is 0.223 e. The zero-order valence-corrected chi connectivity index (χ0v) is 15.2. The predicted octanol–water partition coefficient (Wildman–Crippen LogP) is 2.66. The molecular formula is C19H22ClN3O3. The first-order chi connectivity index (χ1) is 12.7. The highest BCUT2D eigenvalue weighted by Crippen LogP contribution is 2.16. The van der Waals surface area contributed by atoms with Crippen LogP contribution in [0.4, 0.5) is 5.82 Å². The van der Waals surface area contributed by atoms with Crippen LogP contribution in [0.1, 0.15) is 12.0 Å². The van der Waals surface area contributed by atoms with Gasteiger partial charge in [-0.2, -0.15) is 0 Å². The summed E-state index contributed by atoms with van der Waals surface area (Å²) in [5.74, 6) is 1.57. The van der Waals surface area contributed by atoms with E-state index in [1.54, 1.807) is 30.5 Å². The summed E-state index contributed by atoms with van der Waals surface area (Å²) in [6.07, 6.45) is 2.07. The van der Waals surface area contributed by atoms with Gasteiger partial charge in [0.1, 0.15) is 11.6 Å². The molecule has 138 valence electrons. The highest BCUT2D eigenvalue weighted by atomic mass is 35.5. The SMILES string of the molecule is O=C(CCOc1ccc(Cl)cc1)NCc1ccnc(N2CCOCC2)c1. The minimum absolute atomic E-state index is 0.0521. The van der Waals surface area contributed by atoms with E-state index in [2.05, 4.69) is 15.2 Å². The molecule has 0 saturated carbocycles. The predicted molar refractivity (Wildman–Crippen MR) is 101 cm³/mol. The van der Waals surface area contributed by atoms with Crippen LogP contribution in [0, 0.1) is 0 Å². The van der Waals surface area contributed by atoms with E-state index in [1.165, 1.54) is 0 Å². The summed E-state index contributed by atoms with van der Waals surface area (Å²) in [6, 6.07) is 11.0. The summed E-state index contributed by atoms with van der Waals surface area (Å²) in [6.45, 7) is 3.91. The molecule has 1 aliphatic heterocycles. The second kappa shape index (κ2) is 9.40. The Labute approximate surface area is 158 Å². The van der Waals surface area contributed by atoms with E-state index >= 15 is 0 Å². The number of hydrogen-bond acceptors (Lipinski definition) is 5. The molecule has 1 fully saturated rings. The molecule has 1 amide bonds. The van der Waals surface area contributed by atoms with Crippen molar-refractivity contribution in [1.82, 2.24) is 10.3 Å². The Morgan fingerprint density at radius 3 is 2.77 bits per heavy atom. The summed E-state index contributed by atoms with van der Waals surface area (Å²) in [5.41, 5.74) is 1.02. The molecule has 0 radical (unpaired) electrons. The monoisotopic (exact) mass is 375 g/mol. The molecule has 1 aromatic carbocycles. The normalized spacial score (nSPS) is 14.1. The van der Waals surface area contributed by atoms with Gasteiger partial charge in [0.05, 0.1) is 26.2 Å². The second-order valence-electron chi connectivity index (χ2n) is 5.95. The molecule has 0 aliphatic carbocycles. The molecular weight excluding hydrogens is 354 g/mol. The number of benzene rings is 1. The van der Waals surface area contributed by atoms with E-state index in [9.17, 15) is 4.79 Å². The lowest BCUT2D eigenvalue weighted by molar-refractivity contribution is -0.121. The number of amides is 1. The number of nitrogens with zero attached hydrogens (tertiary/aromatic N) is 2. The molecule has 0 bridgehead atoms. The Kier molecular flexibility index (Phi) is 6.68. The standard InChI is InChI=1S/C19H22ClN3O3/c20-16-1-3-17(4-2-16)26-10-6-19(24)22-14-15-5-7-21-18(13-15)23-8-11-25-12-9-23/h1-5,7,13H,6,8-12,14H2,(H,22,24). The number of rotatable bonds is 7. The van der Waals surface area contributed by atoms with Crippen LogP contribution in [-0.2, 0) is 16.1 Å². The highest BCUT2D eigenvalue weighted by molar-refractivity contribution is 6.30. The number of nitrogens with one attached hydrogen (secondary N) is 1. The van der Waals surface area contributed by atoms with Crippen molar-refractivity contribution in [2.45, 2.75) is 13.0 Å². The van der Waals surface area contributed by atoms with Crippen molar-refractivity contribution in [2.24, 2.45) is 0 Å². The Hall–Kier alpha value is -2.31. The summed E-state index contributed by atoms with van der Waals surface area (Å²) in [7, 11) is 0. The van der Waals surface area contributed by atoms with Crippen molar-refractivity contribution in [2.75, 3.05) is 37.8 Å². The number of pyridine rings is 1. The van der Waals surface area contributed by atoms with Crippen molar-refractivity contribution >= 4 is 23.3 Å². The van der Waals surface area contributed by atoms with Crippen LogP contribution in [-0.4, -0.2) is 43.8 Å². The number of morpholine rings is 1.